The average Bonchev–Trinajstić information content (AvgIpc) is 2.38. The van der Waals surface area contributed by atoms with Crippen molar-refractivity contribution in [3.8, 4) is 0 Å². The summed E-state index contributed by atoms with van der Waals surface area (Å²) in [5, 5.41) is 0. The fraction of sp³-hybridized carbons (Fsp3) is 0.625. The highest BCUT2D eigenvalue weighted by molar-refractivity contribution is 7.92. The van der Waals surface area contributed by atoms with Crippen LogP contribution in [0.15, 0.2) is 18.2 Å². The minimum Gasteiger partial charge on any atom is -0.283 e. The maximum absolute atomic E-state index is 12.1. The van der Waals surface area contributed by atoms with Crippen molar-refractivity contribution in [3.63, 3.8) is 0 Å². The van der Waals surface area contributed by atoms with Gasteiger partial charge in [0.15, 0.2) is 0 Å². The third-order valence-electron chi connectivity index (χ3n) is 3.43. The van der Waals surface area contributed by atoms with Crippen molar-refractivity contribution in [3.05, 3.63) is 29.3 Å². The fourth-order valence-electron chi connectivity index (χ4n) is 2.12. The number of benzene rings is 1. The van der Waals surface area contributed by atoms with E-state index in [0.29, 0.717) is 30.3 Å². The predicted molar refractivity (Wildman–Crippen MR) is 92.0 cm³/mol. The first-order chi connectivity index (χ1) is 9.76. The fourth-order valence-corrected chi connectivity index (χ4v) is 3.51. The molecule has 1 rings (SSSR count). The number of unbranched alkanes of at least 4 members (excludes halogenated alkanes) is 1. The molecular formula is C16H26ClNO2S. The first-order valence-electron chi connectivity index (χ1n) is 7.47. The highest BCUT2D eigenvalue weighted by Crippen LogP contribution is 2.29. The van der Waals surface area contributed by atoms with Crippen LogP contribution < -0.4 is 4.72 Å². The third kappa shape index (κ3) is 5.87. The van der Waals surface area contributed by atoms with E-state index in [1.165, 1.54) is 5.56 Å². The van der Waals surface area contributed by atoms with Gasteiger partial charge in [0, 0.05) is 5.88 Å². The van der Waals surface area contributed by atoms with Gasteiger partial charge < -0.3 is 0 Å². The zero-order chi connectivity index (χ0) is 16.0. The van der Waals surface area contributed by atoms with Crippen molar-refractivity contribution < 1.29 is 8.42 Å². The van der Waals surface area contributed by atoms with Gasteiger partial charge >= 0.3 is 0 Å². The number of hydrogen-bond acceptors (Lipinski definition) is 2. The molecule has 0 heterocycles. The summed E-state index contributed by atoms with van der Waals surface area (Å²) in [5.74, 6) is 1.31. The first-order valence-corrected chi connectivity index (χ1v) is 9.65. The molecule has 1 N–H and O–H groups in total. The smallest absolute Gasteiger partial charge is 0.232 e. The van der Waals surface area contributed by atoms with Gasteiger partial charge in [0.2, 0.25) is 10.0 Å². The van der Waals surface area contributed by atoms with E-state index < -0.39 is 10.0 Å². The standard InChI is InChI=1S/C16H26ClNO2S/c1-12(2)14-7-8-16(15(11-14)13(3)4)18-21(19,20)10-6-5-9-17/h7-8,11-13,18H,5-6,9-10H2,1-4H3. The monoisotopic (exact) mass is 331 g/mol. The molecule has 0 aliphatic heterocycles. The van der Waals surface area contributed by atoms with Crippen LogP contribution in [0.4, 0.5) is 5.69 Å². The van der Waals surface area contributed by atoms with E-state index in [2.05, 4.69) is 38.5 Å². The summed E-state index contributed by atoms with van der Waals surface area (Å²) < 4.78 is 27.0. The number of hydrogen-bond donors (Lipinski definition) is 1. The van der Waals surface area contributed by atoms with E-state index in [9.17, 15) is 8.42 Å². The van der Waals surface area contributed by atoms with Gasteiger partial charge in [-0.1, -0.05) is 39.8 Å². The molecule has 0 atom stereocenters. The van der Waals surface area contributed by atoms with Gasteiger partial charge in [-0.25, -0.2) is 8.42 Å². The second-order valence-electron chi connectivity index (χ2n) is 5.97. The van der Waals surface area contributed by atoms with E-state index in [4.69, 9.17) is 11.6 Å². The lowest BCUT2D eigenvalue weighted by atomic mass is 9.94. The van der Waals surface area contributed by atoms with Crippen molar-refractivity contribution in [2.24, 2.45) is 0 Å². The Morgan fingerprint density at radius 2 is 1.76 bits per heavy atom. The van der Waals surface area contributed by atoms with Gasteiger partial charge in [-0.2, -0.15) is 0 Å². The lowest BCUT2D eigenvalue weighted by molar-refractivity contribution is 0.598. The molecule has 0 bridgehead atoms. The Kier molecular flexibility index (Phi) is 7.01. The molecule has 120 valence electrons. The predicted octanol–water partition coefficient (Wildman–Crippen LogP) is 4.69. The van der Waals surface area contributed by atoms with Gasteiger partial charge in [-0.3, -0.25) is 4.72 Å². The topological polar surface area (TPSA) is 46.2 Å². The molecule has 5 heteroatoms. The van der Waals surface area contributed by atoms with Crippen LogP contribution >= 0.6 is 11.6 Å². The molecule has 1 aromatic carbocycles. The highest BCUT2D eigenvalue weighted by Gasteiger charge is 2.15. The van der Waals surface area contributed by atoms with Gasteiger partial charge in [0.25, 0.3) is 0 Å². The summed E-state index contributed by atoms with van der Waals surface area (Å²) in [4.78, 5) is 0. The Labute approximate surface area is 134 Å². The van der Waals surface area contributed by atoms with Crippen LogP contribution in [0.25, 0.3) is 0 Å². The van der Waals surface area contributed by atoms with Gasteiger partial charge in [0.1, 0.15) is 0 Å². The molecule has 0 amide bonds. The van der Waals surface area contributed by atoms with Crippen molar-refractivity contribution >= 4 is 27.3 Å². The van der Waals surface area contributed by atoms with Crippen molar-refractivity contribution in [1.29, 1.82) is 0 Å². The molecule has 3 nitrogen and oxygen atoms in total. The molecule has 21 heavy (non-hydrogen) atoms. The lowest BCUT2D eigenvalue weighted by Gasteiger charge is -2.17. The first kappa shape index (κ1) is 18.3. The summed E-state index contributed by atoms with van der Waals surface area (Å²) in [6.07, 6.45) is 1.30. The quantitative estimate of drug-likeness (QED) is 0.554. The van der Waals surface area contributed by atoms with Crippen LogP contribution in [0.1, 0.15) is 63.5 Å². The molecule has 0 saturated heterocycles. The highest BCUT2D eigenvalue weighted by atomic mass is 35.5. The van der Waals surface area contributed by atoms with Gasteiger partial charge in [-0.05, 0) is 41.9 Å². The van der Waals surface area contributed by atoms with Gasteiger partial charge in [-0.15, -0.1) is 11.6 Å². The lowest BCUT2D eigenvalue weighted by Crippen LogP contribution is -2.18. The Bertz CT molecular complexity index is 553. The molecule has 0 fully saturated rings. The molecule has 0 aliphatic carbocycles. The summed E-state index contributed by atoms with van der Waals surface area (Å²) in [7, 11) is -3.30. The van der Waals surface area contributed by atoms with Crippen LogP contribution in [0.3, 0.4) is 0 Å². The van der Waals surface area contributed by atoms with Gasteiger partial charge in [0.05, 0.1) is 11.4 Å². The third-order valence-corrected chi connectivity index (χ3v) is 5.05. The minimum atomic E-state index is -3.30. The second kappa shape index (κ2) is 8.04. The maximum Gasteiger partial charge on any atom is 0.232 e. The summed E-state index contributed by atoms with van der Waals surface area (Å²) in [6.45, 7) is 8.42. The van der Waals surface area contributed by atoms with Crippen LogP contribution in [0, 0.1) is 0 Å². The molecule has 0 saturated carbocycles. The number of sulfonamides is 1. The molecule has 0 aliphatic rings. The van der Waals surface area contributed by atoms with Crippen LogP contribution in [0.5, 0.6) is 0 Å². The molecular weight excluding hydrogens is 306 g/mol. The number of nitrogens with one attached hydrogen (secondary N) is 1. The zero-order valence-electron chi connectivity index (χ0n) is 13.3. The zero-order valence-corrected chi connectivity index (χ0v) is 14.9. The Hall–Kier alpha value is -0.740. The number of anilines is 1. The molecule has 0 aromatic heterocycles. The Morgan fingerprint density at radius 1 is 1.10 bits per heavy atom. The average molecular weight is 332 g/mol. The molecule has 1 aromatic rings. The number of rotatable bonds is 8. The number of halogens is 1. The normalized spacial score (nSPS) is 12.1. The Balaban J connectivity index is 2.97. The largest absolute Gasteiger partial charge is 0.283 e. The minimum absolute atomic E-state index is 0.114. The van der Waals surface area contributed by atoms with E-state index >= 15 is 0 Å². The molecule has 0 unspecified atom stereocenters. The van der Waals surface area contributed by atoms with Crippen LogP contribution in [0.2, 0.25) is 0 Å². The van der Waals surface area contributed by atoms with E-state index in [1.54, 1.807) is 0 Å². The maximum atomic E-state index is 12.1. The molecule has 0 radical (unpaired) electrons. The van der Waals surface area contributed by atoms with E-state index in [0.717, 1.165) is 5.56 Å². The summed E-state index contributed by atoms with van der Waals surface area (Å²) in [5.41, 5.74) is 2.96. The SMILES string of the molecule is CC(C)c1ccc(NS(=O)(=O)CCCCCl)c(C(C)C)c1. The summed E-state index contributed by atoms with van der Waals surface area (Å²) in [6, 6.07) is 5.98. The summed E-state index contributed by atoms with van der Waals surface area (Å²) >= 11 is 5.59. The number of alkyl halides is 1. The van der Waals surface area contributed by atoms with E-state index in [1.807, 2.05) is 12.1 Å². The van der Waals surface area contributed by atoms with Crippen molar-refractivity contribution in [2.75, 3.05) is 16.4 Å². The van der Waals surface area contributed by atoms with Crippen molar-refractivity contribution in [2.45, 2.75) is 52.4 Å². The Morgan fingerprint density at radius 3 is 2.29 bits per heavy atom. The van der Waals surface area contributed by atoms with Crippen LogP contribution in [-0.4, -0.2) is 20.1 Å². The van der Waals surface area contributed by atoms with Crippen molar-refractivity contribution in [1.82, 2.24) is 0 Å². The second-order valence-corrected chi connectivity index (χ2v) is 8.19. The molecule has 0 spiro atoms. The van der Waals surface area contributed by atoms with Crippen LogP contribution in [-0.2, 0) is 10.0 Å². The van der Waals surface area contributed by atoms with E-state index in [-0.39, 0.29) is 11.7 Å².